The molecular weight excluding hydrogens is 458 g/mol. The predicted octanol–water partition coefficient (Wildman–Crippen LogP) is 2.34. The van der Waals surface area contributed by atoms with Gasteiger partial charge >= 0.3 is 0 Å². The number of nitrogens with zero attached hydrogens (tertiary/aromatic N) is 4. The van der Waals surface area contributed by atoms with Crippen molar-refractivity contribution in [2.45, 2.75) is 76.1 Å². The van der Waals surface area contributed by atoms with E-state index in [0.29, 0.717) is 30.5 Å². The molecule has 1 aromatic carbocycles. The van der Waals surface area contributed by atoms with E-state index >= 15 is 0 Å². The molecule has 9 nitrogen and oxygen atoms in total. The van der Waals surface area contributed by atoms with Crippen molar-refractivity contribution >= 4 is 17.7 Å². The van der Waals surface area contributed by atoms with Crippen LogP contribution in [-0.4, -0.2) is 68.8 Å². The van der Waals surface area contributed by atoms with Gasteiger partial charge in [-0.1, -0.05) is 6.42 Å². The van der Waals surface area contributed by atoms with E-state index in [1.807, 2.05) is 37.5 Å². The van der Waals surface area contributed by atoms with Crippen LogP contribution in [0.5, 0.6) is 5.75 Å². The Morgan fingerprint density at radius 3 is 2.58 bits per heavy atom. The summed E-state index contributed by atoms with van der Waals surface area (Å²) in [4.78, 5) is 49.9. The van der Waals surface area contributed by atoms with Gasteiger partial charge in [0.15, 0.2) is 0 Å². The number of hydrogen-bond acceptors (Lipinski definition) is 7. The van der Waals surface area contributed by atoms with E-state index in [1.54, 1.807) is 4.90 Å². The lowest BCUT2D eigenvalue weighted by molar-refractivity contribution is -0.136. The molecule has 4 aliphatic rings. The zero-order valence-electron chi connectivity index (χ0n) is 20.5. The first-order valence-electron chi connectivity index (χ1n) is 12.9. The first-order valence-corrected chi connectivity index (χ1v) is 12.9. The van der Waals surface area contributed by atoms with Crippen molar-refractivity contribution < 1.29 is 19.1 Å². The second-order valence-electron chi connectivity index (χ2n) is 10.5. The summed E-state index contributed by atoms with van der Waals surface area (Å²) in [6.45, 7) is 4.26. The summed E-state index contributed by atoms with van der Waals surface area (Å²) in [5, 5.41) is 2.35. The van der Waals surface area contributed by atoms with Crippen LogP contribution in [0.3, 0.4) is 0 Å². The number of ether oxygens (including phenoxy) is 1. The minimum atomic E-state index is -0.605. The van der Waals surface area contributed by atoms with Gasteiger partial charge in [0, 0.05) is 56.0 Å². The van der Waals surface area contributed by atoms with Gasteiger partial charge in [-0.25, -0.2) is 9.97 Å². The number of amides is 3. The van der Waals surface area contributed by atoms with Crippen molar-refractivity contribution in [2.24, 2.45) is 0 Å². The molecule has 1 N–H and O–H groups in total. The van der Waals surface area contributed by atoms with Gasteiger partial charge in [-0.15, -0.1) is 0 Å². The molecule has 1 saturated carbocycles. The Balaban J connectivity index is 1.11. The minimum Gasteiger partial charge on any atom is -0.489 e. The molecule has 0 radical (unpaired) electrons. The lowest BCUT2D eigenvalue weighted by Crippen LogP contribution is -2.57. The van der Waals surface area contributed by atoms with Crippen molar-refractivity contribution in [2.75, 3.05) is 13.1 Å². The quantitative estimate of drug-likeness (QED) is 0.643. The Kier molecular flexibility index (Phi) is 5.95. The van der Waals surface area contributed by atoms with Crippen LogP contribution in [0.25, 0.3) is 0 Å². The molecule has 188 valence electrons. The first kappa shape index (κ1) is 23.1. The van der Waals surface area contributed by atoms with Crippen LogP contribution in [0, 0.1) is 6.92 Å². The maximum atomic E-state index is 13.0. The molecule has 2 saturated heterocycles. The fourth-order valence-corrected chi connectivity index (χ4v) is 5.99. The number of carbonyl (C=O) groups excluding carboxylic acids is 3. The lowest BCUT2D eigenvalue weighted by atomic mass is 9.86. The third kappa shape index (κ3) is 4.25. The van der Waals surface area contributed by atoms with E-state index in [2.05, 4.69) is 20.2 Å². The monoisotopic (exact) mass is 489 g/mol. The summed E-state index contributed by atoms with van der Waals surface area (Å²) >= 11 is 0. The summed E-state index contributed by atoms with van der Waals surface area (Å²) in [6.07, 6.45) is 8.95. The Morgan fingerprint density at radius 1 is 1.03 bits per heavy atom. The van der Waals surface area contributed by atoms with Gasteiger partial charge in [0.25, 0.3) is 5.91 Å². The van der Waals surface area contributed by atoms with Crippen molar-refractivity contribution in [3.05, 3.63) is 53.1 Å². The van der Waals surface area contributed by atoms with Gasteiger partial charge in [0.1, 0.15) is 23.7 Å². The van der Waals surface area contributed by atoms with E-state index < -0.39 is 11.9 Å². The number of fused-ring (bicyclic) bond motifs is 1. The second-order valence-corrected chi connectivity index (χ2v) is 10.5. The molecule has 4 heterocycles. The minimum absolute atomic E-state index is 0.0972. The van der Waals surface area contributed by atoms with Gasteiger partial charge in [0.2, 0.25) is 11.8 Å². The summed E-state index contributed by atoms with van der Waals surface area (Å²) in [5.41, 5.74) is 2.55. The average molecular weight is 490 g/mol. The molecule has 1 unspecified atom stereocenters. The van der Waals surface area contributed by atoms with Crippen LogP contribution < -0.4 is 10.1 Å². The third-order valence-corrected chi connectivity index (χ3v) is 8.00. The van der Waals surface area contributed by atoms with Gasteiger partial charge in [-0.3, -0.25) is 24.6 Å². The second kappa shape index (κ2) is 9.28. The standard InChI is InChI=1S/C27H31N5O4/c1-16-11-28-25(29-12-16)18-13-31(14-18)21-4-2-3-5-23(21)36-19-6-7-20-17(10-19)15-32(27(20)35)22-8-9-24(33)30-26(22)34/h6-7,10-12,18,21-23H,2-5,8-9,13-15H2,1H3,(H,30,33,34)/t21-,22?,23-/m1/s1. The first-order chi connectivity index (χ1) is 17.5. The molecule has 1 aliphatic carbocycles. The highest BCUT2D eigenvalue weighted by atomic mass is 16.5. The number of nitrogens with one attached hydrogen (secondary N) is 1. The predicted molar refractivity (Wildman–Crippen MR) is 130 cm³/mol. The van der Waals surface area contributed by atoms with Gasteiger partial charge < -0.3 is 9.64 Å². The van der Waals surface area contributed by atoms with Gasteiger partial charge in [0.05, 0.1) is 0 Å². The number of benzene rings is 1. The molecule has 36 heavy (non-hydrogen) atoms. The van der Waals surface area contributed by atoms with E-state index in [-0.39, 0.29) is 24.3 Å². The van der Waals surface area contributed by atoms with Crippen LogP contribution in [0.2, 0.25) is 0 Å². The maximum absolute atomic E-state index is 13.0. The fraction of sp³-hybridized carbons (Fsp3) is 0.519. The molecule has 1 aromatic heterocycles. The highest BCUT2D eigenvalue weighted by Crippen LogP contribution is 2.36. The Bertz CT molecular complexity index is 1190. The van der Waals surface area contributed by atoms with Gasteiger partial charge in [-0.05, 0) is 61.9 Å². The summed E-state index contributed by atoms with van der Waals surface area (Å²) < 4.78 is 6.53. The van der Waals surface area contributed by atoms with Crippen molar-refractivity contribution in [3.63, 3.8) is 0 Å². The lowest BCUT2D eigenvalue weighted by Gasteiger charge is -2.47. The molecule has 3 aliphatic heterocycles. The van der Waals surface area contributed by atoms with Crippen LogP contribution in [0.4, 0.5) is 0 Å². The molecule has 9 heteroatoms. The molecule has 0 bridgehead atoms. The Labute approximate surface area is 210 Å². The Morgan fingerprint density at radius 2 is 1.81 bits per heavy atom. The van der Waals surface area contributed by atoms with E-state index in [0.717, 1.165) is 55.1 Å². The van der Waals surface area contributed by atoms with Gasteiger partial charge in [-0.2, -0.15) is 0 Å². The highest BCUT2D eigenvalue weighted by molar-refractivity contribution is 6.05. The zero-order valence-corrected chi connectivity index (χ0v) is 20.5. The number of likely N-dealkylation sites (tertiary alicyclic amines) is 1. The average Bonchev–Trinajstić information content (AvgIpc) is 3.16. The molecule has 3 fully saturated rings. The number of hydrogen-bond donors (Lipinski definition) is 1. The summed E-state index contributed by atoms with van der Waals surface area (Å²) in [5.74, 6) is 1.23. The van der Waals surface area contributed by atoms with E-state index in [9.17, 15) is 14.4 Å². The van der Waals surface area contributed by atoms with Crippen LogP contribution in [0.1, 0.15) is 71.8 Å². The number of rotatable bonds is 5. The van der Waals surface area contributed by atoms with Crippen LogP contribution >= 0.6 is 0 Å². The molecule has 3 atom stereocenters. The highest BCUT2D eigenvalue weighted by Gasteiger charge is 2.41. The normalized spacial score (nSPS) is 27.0. The largest absolute Gasteiger partial charge is 0.489 e. The van der Waals surface area contributed by atoms with Crippen molar-refractivity contribution in [1.29, 1.82) is 0 Å². The third-order valence-electron chi connectivity index (χ3n) is 8.00. The number of aryl methyl sites for hydroxylation is 1. The Hall–Kier alpha value is -3.33. The van der Waals surface area contributed by atoms with Crippen LogP contribution in [-0.2, 0) is 16.1 Å². The molecule has 2 aromatic rings. The number of piperidine rings is 1. The summed E-state index contributed by atoms with van der Waals surface area (Å²) in [6, 6.07) is 5.38. The SMILES string of the molecule is Cc1cnc(C2CN([C@@H]3CCCC[C@H]3Oc3ccc4c(c3)CN(C3CCC(=O)NC3=O)C4=O)C2)nc1. The number of imide groups is 1. The molecule has 6 rings (SSSR count). The van der Waals surface area contributed by atoms with Crippen LogP contribution in [0.15, 0.2) is 30.6 Å². The smallest absolute Gasteiger partial charge is 0.255 e. The molecular formula is C27H31N5O4. The van der Waals surface area contributed by atoms with E-state index in [1.165, 1.54) is 6.42 Å². The zero-order chi connectivity index (χ0) is 24.8. The number of carbonyl (C=O) groups is 3. The molecule has 0 spiro atoms. The number of aromatic nitrogens is 2. The van der Waals surface area contributed by atoms with Crippen molar-refractivity contribution in [3.8, 4) is 5.75 Å². The molecule has 3 amide bonds. The van der Waals surface area contributed by atoms with Crippen molar-refractivity contribution in [1.82, 2.24) is 25.1 Å². The topological polar surface area (TPSA) is 105 Å². The van der Waals surface area contributed by atoms with E-state index in [4.69, 9.17) is 4.74 Å². The maximum Gasteiger partial charge on any atom is 0.255 e. The summed E-state index contributed by atoms with van der Waals surface area (Å²) in [7, 11) is 0. The fourth-order valence-electron chi connectivity index (χ4n) is 5.99.